The number of rotatable bonds is 0. The van der Waals surface area contributed by atoms with Gasteiger partial charge in [-0.15, -0.1) is 0 Å². The van der Waals surface area contributed by atoms with Crippen LogP contribution in [0.4, 0.5) is 5.69 Å². The van der Waals surface area contributed by atoms with Gasteiger partial charge in [0, 0.05) is 19.4 Å². The van der Waals surface area contributed by atoms with E-state index in [1.54, 1.807) is 19.2 Å². The molecule has 1 aliphatic rings. The molecular formula is C8H11N3O2S. The van der Waals surface area contributed by atoms with Gasteiger partial charge in [0.15, 0.2) is 0 Å². The van der Waals surface area contributed by atoms with E-state index in [2.05, 4.69) is 9.71 Å². The number of nitrogens with zero attached hydrogens (tertiary/aromatic N) is 2. The SMILES string of the molecule is CC1NS(=O)(=O)c2cnccc2N1C. The molecule has 2 heterocycles. The first-order valence-electron chi connectivity index (χ1n) is 4.21. The van der Waals surface area contributed by atoms with E-state index < -0.39 is 10.0 Å². The summed E-state index contributed by atoms with van der Waals surface area (Å²) in [5.74, 6) is 0. The van der Waals surface area contributed by atoms with Gasteiger partial charge >= 0.3 is 0 Å². The van der Waals surface area contributed by atoms with E-state index in [1.165, 1.54) is 6.20 Å². The Morgan fingerprint density at radius 1 is 1.57 bits per heavy atom. The third kappa shape index (κ3) is 1.27. The number of anilines is 1. The average Bonchev–Trinajstić information content (AvgIpc) is 2.14. The molecule has 1 N–H and O–H groups in total. The van der Waals surface area contributed by atoms with Crippen molar-refractivity contribution in [3.8, 4) is 0 Å². The molecule has 0 bridgehead atoms. The van der Waals surface area contributed by atoms with Crippen LogP contribution in [0.2, 0.25) is 0 Å². The molecule has 0 radical (unpaired) electrons. The molecule has 1 aliphatic heterocycles. The maximum atomic E-state index is 11.7. The number of sulfonamides is 1. The van der Waals surface area contributed by atoms with Crippen LogP contribution in [0.25, 0.3) is 0 Å². The van der Waals surface area contributed by atoms with Crippen molar-refractivity contribution in [2.75, 3.05) is 11.9 Å². The molecule has 6 heteroatoms. The Kier molecular flexibility index (Phi) is 1.97. The first-order chi connectivity index (χ1) is 6.52. The van der Waals surface area contributed by atoms with E-state index in [0.717, 1.165) is 0 Å². The number of hydrogen-bond donors (Lipinski definition) is 1. The Hall–Kier alpha value is -1.14. The Bertz CT molecular complexity index is 457. The molecule has 0 saturated heterocycles. The van der Waals surface area contributed by atoms with Crippen molar-refractivity contribution in [1.82, 2.24) is 9.71 Å². The van der Waals surface area contributed by atoms with E-state index in [4.69, 9.17) is 0 Å². The van der Waals surface area contributed by atoms with Crippen molar-refractivity contribution in [2.45, 2.75) is 18.0 Å². The molecule has 1 unspecified atom stereocenters. The van der Waals surface area contributed by atoms with Gasteiger partial charge < -0.3 is 4.90 Å². The summed E-state index contributed by atoms with van der Waals surface area (Å²) in [6, 6.07) is 1.70. The first-order valence-corrected chi connectivity index (χ1v) is 5.70. The molecular weight excluding hydrogens is 202 g/mol. The predicted molar refractivity (Wildman–Crippen MR) is 52.4 cm³/mol. The number of aromatic nitrogens is 1. The lowest BCUT2D eigenvalue weighted by Gasteiger charge is -2.33. The maximum Gasteiger partial charge on any atom is 0.245 e. The van der Waals surface area contributed by atoms with E-state index in [-0.39, 0.29) is 11.1 Å². The summed E-state index contributed by atoms with van der Waals surface area (Å²) in [6.45, 7) is 1.79. The molecule has 1 atom stereocenters. The zero-order valence-electron chi connectivity index (χ0n) is 7.93. The molecule has 0 fully saturated rings. The summed E-state index contributed by atoms with van der Waals surface area (Å²) in [7, 11) is -1.54. The van der Waals surface area contributed by atoms with Crippen molar-refractivity contribution in [1.29, 1.82) is 0 Å². The Morgan fingerprint density at radius 3 is 3.00 bits per heavy atom. The van der Waals surface area contributed by atoms with Gasteiger partial charge in [-0.1, -0.05) is 0 Å². The van der Waals surface area contributed by atoms with E-state index >= 15 is 0 Å². The van der Waals surface area contributed by atoms with Crippen LogP contribution in [0.1, 0.15) is 6.92 Å². The van der Waals surface area contributed by atoms with Gasteiger partial charge in [0.2, 0.25) is 10.0 Å². The van der Waals surface area contributed by atoms with Crippen LogP contribution in [-0.2, 0) is 10.0 Å². The molecule has 0 aliphatic carbocycles. The summed E-state index contributed by atoms with van der Waals surface area (Å²) in [5.41, 5.74) is 0.686. The lowest BCUT2D eigenvalue weighted by Crippen LogP contribution is -2.48. The lowest BCUT2D eigenvalue weighted by atomic mass is 10.3. The zero-order valence-corrected chi connectivity index (χ0v) is 8.75. The molecule has 1 aromatic rings. The van der Waals surface area contributed by atoms with Crippen LogP contribution in [0.5, 0.6) is 0 Å². The van der Waals surface area contributed by atoms with Crippen molar-refractivity contribution < 1.29 is 8.42 Å². The van der Waals surface area contributed by atoms with Crippen molar-refractivity contribution in [3.63, 3.8) is 0 Å². The number of nitrogens with one attached hydrogen (secondary N) is 1. The minimum Gasteiger partial charge on any atom is -0.357 e. The predicted octanol–water partition coefficient (Wildman–Crippen LogP) is 0.156. The molecule has 76 valence electrons. The third-order valence-electron chi connectivity index (χ3n) is 2.34. The van der Waals surface area contributed by atoms with Gasteiger partial charge in [-0.05, 0) is 13.0 Å². The summed E-state index contributed by atoms with van der Waals surface area (Å²) in [5, 5.41) is 0. The maximum absolute atomic E-state index is 11.7. The summed E-state index contributed by atoms with van der Waals surface area (Å²) in [6.07, 6.45) is 2.72. The highest BCUT2D eigenvalue weighted by atomic mass is 32.2. The Labute approximate surface area is 82.8 Å². The third-order valence-corrected chi connectivity index (χ3v) is 3.88. The fourth-order valence-electron chi connectivity index (χ4n) is 1.45. The Balaban J connectivity index is 2.68. The fourth-order valence-corrected chi connectivity index (χ4v) is 2.87. The van der Waals surface area contributed by atoms with Crippen molar-refractivity contribution >= 4 is 15.7 Å². The van der Waals surface area contributed by atoms with E-state index in [9.17, 15) is 8.42 Å². The molecule has 0 aromatic carbocycles. The van der Waals surface area contributed by atoms with Crippen LogP contribution < -0.4 is 9.62 Å². The quantitative estimate of drug-likeness (QED) is 0.666. The van der Waals surface area contributed by atoms with Gasteiger partial charge in [-0.3, -0.25) is 4.98 Å². The standard InChI is InChI=1S/C8H11N3O2S/c1-6-10-14(12,13)8-5-9-4-3-7(8)11(6)2/h3-6,10H,1-2H3. The average molecular weight is 213 g/mol. The molecule has 2 rings (SSSR count). The van der Waals surface area contributed by atoms with Crippen LogP contribution >= 0.6 is 0 Å². The van der Waals surface area contributed by atoms with E-state index in [0.29, 0.717) is 5.69 Å². The van der Waals surface area contributed by atoms with Gasteiger partial charge in [0.1, 0.15) is 4.90 Å². The number of hydrogen-bond acceptors (Lipinski definition) is 4. The molecule has 14 heavy (non-hydrogen) atoms. The second-order valence-corrected chi connectivity index (χ2v) is 4.93. The minimum atomic E-state index is -3.38. The van der Waals surface area contributed by atoms with Crippen molar-refractivity contribution in [2.24, 2.45) is 0 Å². The zero-order chi connectivity index (χ0) is 10.3. The van der Waals surface area contributed by atoms with E-state index in [1.807, 2.05) is 11.9 Å². The molecule has 5 nitrogen and oxygen atoms in total. The van der Waals surface area contributed by atoms with Gasteiger partial charge in [-0.2, -0.15) is 4.72 Å². The smallest absolute Gasteiger partial charge is 0.245 e. The number of pyridine rings is 1. The summed E-state index contributed by atoms with van der Waals surface area (Å²) >= 11 is 0. The topological polar surface area (TPSA) is 62.3 Å². The summed E-state index contributed by atoms with van der Waals surface area (Å²) in [4.78, 5) is 5.90. The van der Waals surface area contributed by atoms with Gasteiger partial charge in [0.25, 0.3) is 0 Å². The monoisotopic (exact) mass is 213 g/mol. The molecule has 0 amide bonds. The Morgan fingerprint density at radius 2 is 2.29 bits per heavy atom. The van der Waals surface area contributed by atoms with Gasteiger partial charge in [-0.25, -0.2) is 8.42 Å². The highest BCUT2D eigenvalue weighted by molar-refractivity contribution is 7.89. The normalized spacial score (nSPS) is 24.4. The van der Waals surface area contributed by atoms with Crippen LogP contribution in [0.3, 0.4) is 0 Å². The number of fused-ring (bicyclic) bond motifs is 1. The van der Waals surface area contributed by atoms with Crippen LogP contribution in [-0.4, -0.2) is 26.6 Å². The second-order valence-electron chi connectivity index (χ2n) is 3.25. The highest BCUT2D eigenvalue weighted by Crippen LogP contribution is 2.28. The summed E-state index contributed by atoms with van der Waals surface area (Å²) < 4.78 is 25.8. The molecule has 0 spiro atoms. The molecule has 1 aromatic heterocycles. The van der Waals surface area contributed by atoms with Crippen molar-refractivity contribution in [3.05, 3.63) is 18.5 Å². The largest absolute Gasteiger partial charge is 0.357 e. The van der Waals surface area contributed by atoms with Crippen LogP contribution in [0.15, 0.2) is 23.4 Å². The molecule has 0 saturated carbocycles. The van der Waals surface area contributed by atoms with Gasteiger partial charge in [0.05, 0.1) is 11.9 Å². The highest BCUT2D eigenvalue weighted by Gasteiger charge is 2.30. The van der Waals surface area contributed by atoms with Crippen LogP contribution in [0, 0.1) is 0 Å². The lowest BCUT2D eigenvalue weighted by molar-refractivity contribution is 0.544. The second kappa shape index (κ2) is 2.93. The fraction of sp³-hybridized carbons (Fsp3) is 0.375. The first kappa shape index (κ1) is 9.42. The minimum absolute atomic E-state index is 0.227.